The van der Waals surface area contributed by atoms with Crippen molar-refractivity contribution in [1.82, 2.24) is 4.57 Å². The molecule has 3 rings (SSSR count). The van der Waals surface area contributed by atoms with Gasteiger partial charge in [0.15, 0.2) is 0 Å². The van der Waals surface area contributed by atoms with Crippen LogP contribution in [0.2, 0.25) is 5.02 Å². The SMILES string of the molecule is C=C(F)Oc1cccc(Cn2c(C)c(CC(=O)O)c3cc(O)c(Cl)cc32)c1. The molecule has 2 N–H and O–H groups in total. The molecule has 0 aliphatic rings. The van der Waals surface area contributed by atoms with Crippen molar-refractivity contribution in [2.24, 2.45) is 0 Å². The van der Waals surface area contributed by atoms with Gasteiger partial charge in [-0.1, -0.05) is 23.7 Å². The van der Waals surface area contributed by atoms with E-state index in [0.717, 1.165) is 11.3 Å². The Morgan fingerprint density at radius 2 is 2.07 bits per heavy atom. The Morgan fingerprint density at radius 3 is 2.74 bits per heavy atom. The number of halogens is 2. The minimum atomic E-state index is -0.969. The van der Waals surface area contributed by atoms with Crippen LogP contribution in [0.25, 0.3) is 10.9 Å². The Balaban J connectivity index is 2.11. The summed E-state index contributed by atoms with van der Waals surface area (Å²) < 4.78 is 19.7. The lowest BCUT2D eigenvalue weighted by atomic mass is 10.1. The van der Waals surface area contributed by atoms with E-state index in [9.17, 15) is 19.4 Å². The summed E-state index contributed by atoms with van der Waals surface area (Å²) in [6.07, 6.45) is -0.179. The number of phenols is 1. The monoisotopic (exact) mass is 389 g/mol. The molecule has 0 radical (unpaired) electrons. The number of hydrogen-bond acceptors (Lipinski definition) is 3. The Labute approximate surface area is 159 Å². The quantitative estimate of drug-likeness (QED) is 0.594. The summed E-state index contributed by atoms with van der Waals surface area (Å²) in [6, 6.07) is 9.04. The molecule has 0 fully saturated rings. The van der Waals surface area contributed by atoms with Crippen LogP contribution in [0.4, 0.5) is 4.39 Å². The maximum Gasteiger partial charge on any atom is 0.307 e. The van der Waals surface area contributed by atoms with Gasteiger partial charge in [-0.3, -0.25) is 4.79 Å². The molecule has 5 nitrogen and oxygen atoms in total. The molecule has 27 heavy (non-hydrogen) atoms. The summed E-state index contributed by atoms with van der Waals surface area (Å²) in [5, 5.41) is 20.0. The third-order valence-corrected chi connectivity index (χ3v) is 4.62. The summed E-state index contributed by atoms with van der Waals surface area (Å²) in [5.41, 5.74) is 2.87. The highest BCUT2D eigenvalue weighted by Crippen LogP contribution is 2.35. The number of ether oxygens (including phenoxy) is 1. The van der Waals surface area contributed by atoms with Crippen molar-refractivity contribution in [3.63, 3.8) is 0 Å². The molecule has 0 aliphatic carbocycles. The first-order valence-corrected chi connectivity index (χ1v) is 8.47. The van der Waals surface area contributed by atoms with Crippen molar-refractivity contribution in [2.45, 2.75) is 19.9 Å². The maximum atomic E-state index is 12.9. The van der Waals surface area contributed by atoms with E-state index in [2.05, 4.69) is 6.58 Å². The molecule has 0 saturated carbocycles. The fourth-order valence-corrected chi connectivity index (χ4v) is 3.31. The Morgan fingerprint density at radius 1 is 1.33 bits per heavy atom. The van der Waals surface area contributed by atoms with Crippen molar-refractivity contribution in [2.75, 3.05) is 0 Å². The number of phenolic OH excluding ortho intramolecular Hbond substituents is 1. The summed E-state index contributed by atoms with van der Waals surface area (Å²) in [4.78, 5) is 11.3. The van der Waals surface area contributed by atoms with Gasteiger partial charge >= 0.3 is 5.97 Å². The molecule has 0 amide bonds. The molecular formula is C20H17ClFNO4. The number of carboxylic acids is 1. The lowest BCUT2D eigenvalue weighted by Crippen LogP contribution is -2.05. The van der Waals surface area contributed by atoms with Gasteiger partial charge < -0.3 is 19.5 Å². The van der Waals surface area contributed by atoms with Crippen molar-refractivity contribution >= 4 is 28.5 Å². The number of carboxylic acid groups (broad SMARTS) is 1. The molecule has 0 atom stereocenters. The van der Waals surface area contributed by atoms with Crippen LogP contribution in [0.1, 0.15) is 16.8 Å². The fourth-order valence-electron chi connectivity index (χ4n) is 3.15. The van der Waals surface area contributed by atoms with Gasteiger partial charge in [-0.15, -0.1) is 0 Å². The molecule has 0 saturated heterocycles. The second-order valence-electron chi connectivity index (χ2n) is 6.15. The molecule has 1 aromatic heterocycles. The highest BCUT2D eigenvalue weighted by molar-refractivity contribution is 6.32. The zero-order valence-corrected chi connectivity index (χ0v) is 15.3. The van der Waals surface area contributed by atoms with E-state index in [0.29, 0.717) is 28.8 Å². The van der Waals surface area contributed by atoms with E-state index in [-0.39, 0.29) is 17.2 Å². The third-order valence-electron chi connectivity index (χ3n) is 4.32. The van der Waals surface area contributed by atoms with Crippen LogP contribution in [-0.4, -0.2) is 20.7 Å². The molecular weight excluding hydrogens is 373 g/mol. The summed E-state index contributed by atoms with van der Waals surface area (Å²) >= 11 is 6.06. The molecule has 0 bridgehead atoms. The minimum Gasteiger partial charge on any atom is -0.506 e. The average molecular weight is 390 g/mol. The predicted octanol–water partition coefficient (Wildman–Crippen LogP) is 4.80. The van der Waals surface area contributed by atoms with Gasteiger partial charge in [0.05, 0.1) is 17.0 Å². The number of nitrogens with zero attached hydrogens (tertiary/aromatic N) is 1. The van der Waals surface area contributed by atoms with Gasteiger partial charge in [-0.2, -0.15) is 4.39 Å². The number of hydrogen-bond donors (Lipinski definition) is 2. The topological polar surface area (TPSA) is 71.7 Å². The standard InChI is InChI=1S/C20H17ClFNO4/c1-11-15(8-20(25)26)16-7-19(24)17(21)9-18(16)23(11)10-13-4-3-5-14(6-13)27-12(2)22/h3-7,9,24H,2,8,10H2,1H3,(H,25,26). The third kappa shape index (κ3) is 3.90. The Bertz CT molecular complexity index is 1060. The lowest BCUT2D eigenvalue weighted by molar-refractivity contribution is -0.136. The number of aromatic hydroxyl groups is 1. The van der Waals surface area contributed by atoms with Crippen LogP contribution in [0.3, 0.4) is 0 Å². The Hall–Kier alpha value is -2.99. The minimum absolute atomic E-state index is 0.107. The van der Waals surface area contributed by atoms with Gasteiger partial charge in [-0.25, -0.2) is 0 Å². The highest BCUT2D eigenvalue weighted by atomic mass is 35.5. The van der Waals surface area contributed by atoms with Gasteiger partial charge in [0.25, 0.3) is 6.01 Å². The van der Waals surface area contributed by atoms with Crippen LogP contribution in [0, 0.1) is 6.92 Å². The van der Waals surface area contributed by atoms with Gasteiger partial charge in [0.2, 0.25) is 0 Å². The normalized spacial score (nSPS) is 10.9. The summed E-state index contributed by atoms with van der Waals surface area (Å²) in [6.45, 7) is 5.28. The predicted molar refractivity (Wildman–Crippen MR) is 101 cm³/mol. The van der Waals surface area contributed by atoms with Crippen molar-refractivity contribution < 1.29 is 24.1 Å². The number of benzene rings is 2. The van der Waals surface area contributed by atoms with Crippen LogP contribution in [-0.2, 0) is 17.8 Å². The molecule has 3 aromatic rings. The zero-order valence-electron chi connectivity index (χ0n) is 14.5. The Kier molecular flexibility index (Phi) is 5.10. The zero-order chi connectivity index (χ0) is 19.7. The van der Waals surface area contributed by atoms with Crippen LogP contribution >= 0.6 is 11.6 Å². The van der Waals surface area contributed by atoms with E-state index in [4.69, 9.17) is 16.3 Å². The largest absolute Gasteiger partial charge is 0.506 e. The molecule has 140 valence electrons. The second-order valence-corrected chi connectivity index (χ2v) is 6.55. The molecule has 1 heterocycles. The second kappa shape index (κ2) is 7.32. The first-order valence-electron chi connectivity index (χ1n) is 8.09. The van der Waals surface area contributed by atoms with E-state index in [1.807, 2.05) is 17.6 Å². The van der Waals surface area contributed by atoms with Gasteiger partial charge in [0.1, 0.15) is 11.5 Å². The van der Waals surface area contributed by atoms with Crippen molar-refractivity contribution in [3.05, 3.63) is 70.8 Å². The molecule has 0 unspecified atom stereocenters. The van der Waals surface area contributed by atoms with Crippen LogP contribution in [0.5, 0.6) is 11.5 Å². The molecule has 7 heteroatoms. The van der Waals surface area contributed by atoms with Gasteiger partial charge in [0, 0.05) is 17.6 Å². The molecule has 2 aromatic carbocycles. The number of rotatable bonds is 6. The molecule has 0 spiro atoms. The lowest BCUT2D eigenvalue weighted by Gasteiger charge is -2.11. The first kappa shape index (κ1) is 18.8. The number of fused-ring (bicyclic) bond motifs is 1. The summed E-state index contributed by atoms with van der Waals surface area (Å²) in [5.74, 6) is -0.760. The smallest absolute Gasteiger partial charge is 0.307 e. The van der Waals surface area contributed by atoms with Crippen LogP contribution < -0.4 is 4.74 Å². The van der Waals surface area contributed by atoms with Crippen molar-refractivity contribution in [3.8, 4) is 11.5 Å². The van der Waals surface area contributed by atoms with E-state index in [1.165, 1.54) is 6.07 Å². The van der Waals surface area contributed by atoms with E-state index >= 15 is 0 Å². The number of aliphatic carboxylic acids is 1. The maximum absolute atomic E-state index is 12.9. The first-order chi connectivity index (χ1) is 12.8. The fraction of sp³-hybridized carbons (Fsp3) is 0.150. The number of carbonyl (C=O) groups is 1. The van der Waals surface area contributed by atoms with E-state index in [1.54, 1.807) is 24.3 Å². The molecule has 0 aliphatic heterocycles. The van der Waals surface area contributed by atoms with Gasteiger partial charge in [-0.05, 0) is 48.9 Å². The summed E-state index contributed by atoms with van der Waals surface area (Å²) in [7, 11) is 0. The average Bonchev–Trinajstić information content (AvgIpc) is 2.80. The van der Waals surface area contributed by atoms with Crippen molar-refractivity contribution in [1.29, 1.82) is 0 Å². The van der Waals surface area contributed by atoms with E-state index < -0.39 is 12.0 Å². The van der Waals surface area contributed by atoms with Crippen LogP contribution in [0.15, 0.2) is 49.0 Å². The highest BCUT2D eigenvalue weighted by Gasteiger charge is 2.18. The number of aromatic nitrogens is 1.